The summed E-state index contributed by atoms with van der Waals surface area (Å²) in [6.07, 6.45) is 30.6. The number of nitrogens with zero attached hydrogens (tertiary/aromatic N) is 1. The third kappa shape index (κ3) is 24.9. The number of carboxylic acid groups (broad SMARTS) is 3. The molecule has 3 unspecified atom stereocenters. The van der Waals surface area contributed by atoms with E-state index >= 15 is 0 Å². The van der Waals surface area contributed by atoms with Gasteiger partial charge in [-0.2, -0.15) is 0 Å². The van der Waals surface area contributed by atoms with Gasteiger partial charge in [0, 0.05) is 31.1 Å². The molecule has 0 spiro atoms. The molecule has 0 saturated carbocycles. The molecule has 3 atom stereocenters. The first-order chi connectivity index (χ1) is 21.5. The molecular weight excluding hydrogens is 566 g/mol. The Morgan fingerprint density at radius 3 is 1.22 bits per heavy atom. The number of allylic oxidation sites excluding steroid dienone is 2. The summed E-state index contributed by atoms with van der Waals surface area (Å²) < 4.78 is 0.578. The molecule has 0 radical (unpaired) electrons. The Hall–Kier alpha value is -1.89. The molecule has 0 aromatic rings. The van der Waals surface area contributed by atoms with Crippen LogP contribution in [0.1, 0.15) is 169 Å². The molecule has 0 saturated heterocycles. The largest absolute Gasteiger partial charge is 0.550 e. The number of quaternary nitrogens is 1. The maximum Gasteiger partial charge on any atom is 0.306 e. The summed E-state index contributed by atoms with van der Waals surface area (Å²) in [5, 5.41) is 30.3. The highest BCUT2D eigenvalue weighted by Crippen LogP contribution is 2.22. The van der Waals surface area contributed by atoms with Crippen LogP contribution in [0.3, 0.4) is 0 Å². The van der Waals surface area contributed by atoms with Gasteiger partial charge in [-0.15, -0.1) is 0 Å². The van der Waals surface area contributed by atoms with Crippen LogP contribution in [0.2, 0.25) is 0 Å². The first-order valence-electron chi connectivity index (χ1n) is 18.7. The van der Waals surface area contributed by atoms with Crippen molar-refractivity contribution in [1.82, 2.24) is 0 Å². The molecule has 2 N–H and O–H groups in total. The lowest BCUT2D eigenvalue weighted by Gasteiger charge is -2.41. The minimum absolute atomic E-state index is 0.441. The van der Waals surface area contributed by atoms with Gasteiger partial charge >= 0.3 is 11.9 Å². The van der Waals surface area contributed by atoms with Crippen molar-refractivity contribution in [2.24, 2.45) is 17.8 Å². The van der Waals surface area contributed by atoms with Gasteiger partial charge in [-0.25, -0.2) is 0 Å². The number of carbonyl (C=O) groups excluding carboxylic acids is 1. The van der Waals surface area contributed by atoms with E-state index in [-0.39, 0.29) is 0 Å². The van der Waals surface area contributed by atoms with Crippen LogP contribution in [0.4, 0.5) is 0 Å². The second kappa shape index (κ2) is 28.3. The van der Waals surface area contributed by atoms with E-state index in [0.29, 0.717) is 43.4 Å². The molecule has 0 fully saturated rings. The van der Waals surface area contributed by atoms with Crippen LogP contribution in [0.25, 0.3) is 0 Å². The second-order valence-electron chi connectivity index (χ2n) is 14.0. The fourth-order valence-corrected chi connectivity index (χ4v) is 6.02. The topological polar surface area (TPSA) is 115 Å². The van der Waals surface area contributed by atoms with Gasteiger partial charge in [0.2, 0.25) is 0 Å². The first-order valence-corrected chi connectivity index (χ1v) is 18.7. The fraction of sp³-hybridized carbons (Fsp3) is 0.868. The van der Waals surface area contributed by atoms with Crippen molar-refractivity contribution in [3.8, 4) is 0 Å². The smallest absolute Gasteiger partial charge is 0.306 e. The molecule has 0 aliphatic rings. The number of carbonyl (C=O) groups is 3. The third-order valence-electron chi connectivity index (χ3n) is 9.75. The molecule has 45 heavy (non-hydrogen) atoms. The van der Waals surface area contributed by atoms with Crippen LogP contribution in [0.5, 0.6) is 0 Å². The van der Waals surface area contributed by atoms with Crippen molar-refractivity contribution in [3.63, 3.8) is 0 Å². The zero-order valence-electron chi connectivity index (χ0n) is 29.7. The molecule has 0 aliphatic carbocycles. The Balaban J connectivity index is 4.38. The summed E-state index contributed by atoms with van der Waals surface area (Å²) >= 11 is 0. The molecule has 0 bridgehead atoms. The predicted molar refractivity (Wildman–Crippen MR) is 184 cm³/mol. The van der Waals surface area contributed by atoms with Crippen molar-refractivity contribution in [2.45, 2.75) is 169 Å². The van der Waals surface area contributed by atoms with Gasteiger partial charge in [0.25, 0.3) is 0 Å². The van der Waals surface area contributed by atoms with Crippen LogP contribution in [-0.2, 0) is 14.4 Å². The van der Waals surface area contributed by atoms with Gasteiger partial charge in [0.1, 0.15) is 0 Å². The van der Waals surface area contributed by atoms with Crippen molar-refractivity contribution >= 4 is 17.9 Å². The summed E-state index contributed by atoms with van der Waals surface area (Å²) in [6, 6.07) is 0. The van der Waals surface area contributed by atoms with Crippen LogP contribution in [0.15, 0.2) is 12.2 Å². The van der Waals surface area contributed by atoms with E-state index in [4.69, 9.17) is 0 Å². The zero-order chi connectivity index (χ0) is 33.8. The highest BCUT2D eigenvalue weighted by atomic mass is 16.4. The molecule has 7 nitrogen and oxygen atoms in total. The molecule has 0 heterocycles. The standard InChI is InChI=1S/C38H71NO6/c1-5-6-7-8-9-10-11-12-13-14-15-16-17-18-19-20-21-22-23-24-25-29-39(30-26-33(2)36(40)41,31-27-34(3)37(42)43)32-28-35(4)38(44)45/h18-19,33-35H,5-17,20-32H2,1-4H3,(H2-,40,41,42,43,44,45)/b19-18+. The molecule has 0 aliphatic heterocycles. The maximum atomic E-state index is 11.5. The van der Waals surface area contributed by atoms with E-state index in [1.54, 1.807) is 20.8 Å². The molecule has 0 rings (SSSR count). The number of aliphatic carboxylic acids is 3. The van der Waals surface area contributed by atoms with Gasteiger partial charge < -0.3 is 24.6 Å². The Morgan fingerprint density at radius 1 is 0.533 bits per heavy atom. The fourth-order valence-electron chi connectivity index (χ4n) is 6.02. The van der Waals surface area contributed by atoms with Gasteiger partial charge in [-0.3, -0.25) is 9.59 Å². The Morgan fingerprint density at radius 2 is 0.867 bits per heavy atom. The highest BCUT2D eigenvalue weighted by Gasteiger charge is 2.30. The van der Waals surface area contributed by atoms with E-state index in [0.717, 1.165) is 32.2 Å². The van der Waals surface area contributed by atoms with Crippen molar-refractivity contribution in [1.29, 1.82) is 0 Å². The van der Waals surface area contributed by atoms with Crippen molar-refractivity contribution < 1.29 is 34.2 Å². The average molecular weight is 638 g/mol. The van der Waals surface area contributed by atoms with Crippen molar-refractivity contribution in [2.75, 3.05) is 26.2 Å². The second-order valence-corrected chi connectivity index (χ2v) is 14.0. The first kappa shape index (κ1) is 43.1. The number of unbranched alkanes of at least 4 members (excludes halogenated alkanes) is 17. The molecule has 7 heteroatoms. The van der Waals surface area contributed by atoms with Crippen LogP contribution in [0, 0.1) is 17.8 Å². The van der Waals surface area contributed by atoms with E-state index in [2.05, 4.69) is 19.1 Å². The molecule has 0 aromatic carbocycles. The lowest BCUT2D eigenvalue weighted by molar-refractivity contribution is -0.929. The van der Waals surface area contributed by atoms with Gasteiger partial charge in [0.05, 0.1) is 38.0 Å². The number of hydrogen-bond donors (Lipinski definition) is 2. The number of hydrogen-bond acceptors (Lipinski definition) is 4. The Labute approximate surface area is 276 Å². The number of rotatable bonds is 33. The summed E-state index contributed by atoms with van der Waals surface area (Å²) in [7, 11) is 0. The minimum atomic E-state index is -1.07. The lowest BCUT2D eigenvalue weighted by atomic mass is 10.0. The predicted octanol–water partition coefficient (Wildman–Crippen LogP) is 8.79. The van der Waals surface area contributed by atoms with Crippen LogP contribution >= 0.6 is 0 Å². The Bertz CT molecular complexity index is 722. The molecular formula is C38H71NO6. The summed E-state index contributed by atoms with van der Waals surface area (Å²) in [4.78, 5) is 34.4. The SMILES string of the molecule is CCCCCCCCCCCCCC/C=C/CCCCCCC[N+](CCC(C)C(=O)[O-])(CCC(C)C(=O)O)CCC(C)C(=O)O. The number of carboxylic acids is 3. The highest BCUT2D eigenvalue weighted by molar-refractivity contribution is 5.69. The van der Waals surface area contributed by atoms with E-state index in [1.165, 1.54) is 96.3 Å². The molecule has 0 amide bonds. The quantitative estimate of drug-likeness (QED) is 0.0422. The molecule has 0 aromatic heterocycles. The monoisotopic (exact) mass is 638 g/mol. The van der Waals surface area contributed by atoms with Gasteiger partial charge in [-0.05, 0) is 38.5 Å². The van der Waals surface area contributed by atoms with Gasteiger partial charge in [0.15, 0.2) is 0 Å². The van der Waals surface area contributed by atoms with Crippen LogP contribution in [-0.4, -0.2) is 58.8 Å². The Kier molecular flexibility index (Phi) is 27.2. The third-order valence-corrected chi connectivity index (χ3v) is 9.75. The van der Waals surface area contributed by atoms with E-state index in [9.17, 15) is 29.7 Å². The van der Waals surface area contributed by atoms with Gasteiger partial charge in [-0.1, -0.05) is 123 Å². The van der Waals surface area contributed by atoms with Crippen LogP contribution < -0.4 is 5.11 Å². The normalized spacial score (nSPS) is 15.1. The van der Waals surface area contributed by atoms with Crippen molar-refractivity contribution in [3.05, 3.63) is 12.2 Å². The lowest BCUT2D eigenvalue weighted by Crippen LogP contribution is -2.52. The summed E-state index contributed by atoms with van der Waals surface area (Å²) in [5.74, 6) is -4.33. The minimum Gasteiger partial charge on any atom is -0.550 e. The summed E-state index contributed by atoms with van der Waals surface area (Å²) in [6.45, 7) is 9.97. The van der Waals surface area contributed by atoms with E-state index in [1.807, 2.05) is 0 Å². The van der Waals surface area contributed by atoms with E-state index < -0.39 is 35.7 Å². The average Bonchev–Trinajstić information content (AvgIpc) is 3.01. The molecule has 264 valence electrons. The summed E-state index contributed by atoms with van der Waals surface area (Å²) in [5.41, 5.74) is 0. The zero-order valence-corrected chi connectivity index (χ0v) is 29.7. The maximum absolute atomic E-state index is 11.5.